The van der Waals surface area contributed by atoms with Gasteiger partial charge in [0.05, 0.1) is 18.5 Å². The van der Waals surface area contributed by atoms with Crippen LogP contribution in [0.3, 0.4) is 0 Å². The molecule has 2 aromatic rings. The lowest BCUT2D eigenvalue weighted by atomic mass is 10.0. The van der Waals surface area contributed by atoms with Crippen LogP contribution in [-0.2, 0) is 21.2 Å². The highest BCUT2D eigenvalue weighted by Crippen LogP contribution is 2.35. The predicted molar refractivity (Wildman–Crippen MR) is 86.3 cm³/mol. The van der Waals surface area contributed by atoms with Gasteiger partial charge in [-0.2, -0.15) is 23.3 Å². The largest absolute Gasteiger partial charge is 0.464 e. The van der Waals surface area contributed by atoms with Crippen LogP contribution in [0.4, 0.5) is 30.6 Å². The molecule has 1 aliphatic heterocycles. The van der Waals surface area contributed by atoms with E-state index in [4.69, 9.17) is 16.3 Å². The summed E-state index contributed by atoms with van der Waals surface area (Å²) in [6.07, 6.45) is -2.05. The molecule has 0 spiro atoms. The Kier molecular flexibility index (Phi) is 4.42. The van der Waals surface area contributed by atoms with Crippen molar-refractivity contribution in [2.75, 3.05) is 24.3 Å². The number of alkyl halides is 3. The quantitative estimate of drug-likeness (QED) is 0.775. The van der Waals surface area contributed by atoms with Crippen LogP contribution in [0, 0.1) is 0 Å². The van der Waals surface area contributed by atoms with Crippen molar-refractivity contribution in [3.8, 4) is 0 Å². The topological polar surface area (TPSA) is 94.0 Å². The fourth-order valence-electron chi connectivity index (χ4n) is 2.46. The molecule has 0 amide bonds. The second-order valence-electron chi connectivity index (χ2n) is 5.77. The third kappa shape index (κ3) is 3.14. The van der Waals surface area contributed by atoms with Gasteiger partial charge in [-0.1, -0.05) is 11.6 Å². The van der Waals surface area contributed by atoms with E-state index in [1.54, 1.807) is 6.92 Å². The number of cyclic esters (lactones) is 1. The molecule has 0 bridgehead atoms. The molecule has 1 aliphatic rings. The summed E-state index contributed by atoms with van der Waals surface area (Å²) in [6, 6.07) is 0. The van der Waals surface area contributed by atoms with Crippen LogP contribution in [-0.4, -0.2) is 39.4 Å². The van der Waals surface area contributed by atoms with E-state index in [9.17, 15) is 18.0 Å². The summed E-state index contributed by atoms with van der Waals surface area (Å²) >= 11 is 6.06. The van der Waals surface area contributed by atoms with Crippen molar-refractivity contribution in [2.24, 2.45) is 0 Å². The summed E-state index contributed by atoms with van der Waals surface area (Å²) in [7, 11) is 1.32. The molecule has 2 N–H and O–H groups in total. The second-order valence-corrected chi connectivity index (χ2v) is 6.12. The standard InChI is InChI=1S/C14H14ClF3N6O2/c1-13(3-4-26-11(13)25)24-6-8(9(15)23-24)21-12-20-5-7(14(16,17)18)10(19-2)22-12/h5-6H,3-4H2,1-2H3,(H2,19,20,21,22)/t13-/m0/s1. The molecule has 2 aromatic heterocycles. The molecule has 0 radical (unpaired) electrons. The number of halogens is 4. The third-order valence-corrected chi connectivity index (χ3v) is 4.29. The Morgan fingerprint density at radius 2 is 2.15 bits per heavy atom. The van der Waals surface area contributed by atoms with Gasteiger partial charge in [0.15, 0.2) is 10.7 Å². The molecule has 26 heavy (non-hydrogen) atoms. The van der Waals surface area contributed by atoms with Crippen molar-refractivity contribution >= 4 is 35.0 Å². The van der Waals surface area contributed by atoms with Crippen molar-refractivity contribution in [3.63, 3.8) is 0 Å². The molecule has 12 heteroatoms. The number of nitrogens with one attached hydrogen (secondary N) is 2. The number of carbonyl (C=O) groups is 1. The zero-order valence-electron chi connectivity index (χ0n) is 13.7. The zero-order valence-corrected chi connectivity index (χ0v) is 14.4. The second kappa shape index (κ2) is 6.31. The maximum absolute atomic E-state index is 12.9. The Balaban J connectivity index is 1.89. The number of carbonyl (C=O) groups excluding carboxylic acids is 1. The lowest BCUT2D eigenvalue weighted by molar-refractivity contribution is -0.145. The molecule has 1 saturated heterocycles. The summed E-state index contributed by atoms with van der Waals surface area (Å²) in [4.78, 5) is 19.4. The summed E-state index contributed by atoms with van der Waals surface area (Å²) < 4.78 is 45.0. The van der Waals surface area contributed by atoms with E-state index in [2.05, 4.69) is 25.7 Å². The number of nitrogens with zero attached hydrogens (tertiary/aromatic N) is 4. The highest BCUT2D eigenvalue weighted by molar-refractivity contribution is 6.32. The van der Waals surface area contributed by atoms with Gasteiger partial charge in [0, 0.05) is 19.7 Å². The monoisotopic (exact) mass is 390 g/mol. The number of rotatable bonds is 4. The van der Waals surface area contributed by atoms with E-state index in [0.29, 0.717) is 12.6 Å². The van der Waals surface area contributed by atoms with Crippen LogP contribution in [0.15, 0.2) is 12.4 Å². The predicted octanol–water partition coefficient (Wildman–Crippen LogP) is 2.79. The maximum Gasteiger partial charge on any atom is 0.421 e. The summed E-state index contributed by atoms with van der Waals surface area (Å²) in [5.74, 6) is -0.931. The molecule has 3 heterocycles. The maximum atomic E-state index is 12.9. The van der Waals surface area contributed by atoms with Gasteiger partial charge in [-0.05, 0) is 6.92 Å². The van der Waals surface area contributed by atoms with Gasteiger partial charge in [0.2, 0.25) is 5.95 Å². The minimum absolute atomic E-state index is 0.0143. The van der Waals surface area contributed by atoms with Crippen LogP contribution < -0.4 is 10.6 Å². The van der Waals surface area contributed by atoms with E-state index < -0.39 is 23.2 Å². The van der Waals surface area contributed by atoms with Gasteiger partial charge >= 0.3 is 12.1 Å². The third-order valence-electron chi connectivity index (χ3n) is 4.01. The zero-order chi connectivity index (χ0) is 19.1. The van der Waals surface area contributed by atoms with Gasteiger partial charge in [0.1, 0.15) is 11.4 Å². The summed E-state index contributed by atoms with van der Waals surface area (Å²) in [6.45, 7) is 1.92. The molecule has 1 fully saturated rings. The Bertz CT molecular complexity index is 856. The lowest BCUT2D eigenvalue weighted by Crippen LogP contribution is -2.35. The average molecular weight is 391 g/mol. The van der Waals surface area contributed by atoms with E-state index in [1.807, 2.05) is 0 Å². The van der Waals surface area contributed by atoms with Crippen LogP contribution in [0.5, 0.6) is 0 Å². The summed E-state index contributed by atoms with van der Waals surface area (Å²) in [5.41, 5.74) is -1.75. The molecule has 1 atom stereocenters. The number of ether oxygens (including phenoxy) is 1. The van der Waals surface area contributed by atoms with Crippen LogP contribution in [0.2, 0.25) is 5.15 Å². The number of aromatic nitrogens is 4. The Morgan fingerprint density at radius 1 is 1.42 bits per heavy atom. The number of hydrogen-bond donors (Lipinski definition) is 2. The summed E-state index contributed by atoms with van der Waals surface area (Å²) in [5, 5.41) is 9.18. The Labute approximate surface area is 150 Å². The van der Waals surface area contributed by atoms with Gasteiger partial charge in [-0.25, -0.2) is 9.78 Å². The van der Waals surface area contributed by atoms with Crippen molar-refractivity contribution in [2.45, 2.75) is 25.1 Å². The average Bonchev–Trinajstić information content (AvgIpc) is 3.10. The molecule has 0 aromatic carbocycles. The van der Waals surface area contributed by atoms with Crippen LogP contribution >= 0.6 is 11.6 Å². The van der Waals surface area contributed by atoms with Crippen molar-refractivity contribution in [3.05, 3.63) is 23.1 Å². The van der Waals surface area contributed by atoms with Gasteiger partial charge < -0.3 is 15.4 Å². The molecule has 140 valence electrons. The minimum Gasteiger partial charge on any atom is -0.464 e. The van der Waals surface area contributed by atoms with Gasteiger partial charge in [-0.15, -0.1) is 0 Å². The van der Waals surface area contributed by atoms with Gasteiger partial charge in [0.25, 0.3) is 0 Å². The van der Waals surface area contributed by atoms with E-state index >= 15 is 0 Å². The fraction of sp³-hybridized carbons (Fsp3) is 0.429. The highest BCUT2D eigenvalue weighted by Gasteiger charge is 2.43. The van der Waals surface area contributed by atoms with E-state index in [1.165, 1.54) is 17.9 Å². The normalized spacial score (nSPS) is 20.2. The van der Waals surface area contributed by atoms with Crippen LogP contribution in [0.25, 0.3) is 0 Å². The molecule has 0 aliphatic carbocycles. The first-order valence-electron chi connectivity index (χ1n) is 7.47. The molecular formula is C14H14ClF3N6O2. The first kappa shape index (κ1) is 18.2. The minimum atomic E-state index is -4.59. The van der Waals surface area contributed by atoms with E-state index in [-0.39, 0.29) is 29.2 Å². The van der Waals surface area contributed by atoms with Gasteiger partial charge in [-0.3, -0.25) is 4.68 Å². The number of hydrogen-bond acceptors (Lipinski definition) is 7. The van der Waals surface area contributed by atoms with Crippen molar-refractivity contribution < 1.29 is 22.7 Å². The van der Waals surface area contributed by atoms with Crippen molar-refractivity contribution in [1.29, 1.82) is 0 Å². The molecule has 8 nitrogen and oxygen atoms in total. The molecule has 0 unspecified atom stereocenters. The molecular weight excluding hydrogens is 377 g/mol. The number of anilines is 3. The van der Waals surface area contributed by atoms with Crippen molar-refractivity contribution in [1.82, 2.24) is 19.7 Å². The first-order valence-corrected chi connectivity index (χ1v) is 7.85. The smallest absolute Gasteiger partial charge is 0.421 e. The van der Waals surface area contributed by atoms with E-state index in [0.717, 1.165) is 0 Å². The molecule has 0 saturated carbocycles. The van der Waals surface area contributed by atoms with Crippen LogP contribution in [0.1, 0.15) is 18.9 Å². The number of esters is 1. The highest BCUT2D eigenvalue weighted by atomic mass is 35.5. The fourth-order valence-corrected chi connectivity index (χ4v) is 2.64. The Hall–Kier alpha value is -2.56. The SMILES string of the molecule is CNc1nc(Nc2cn([C@@]3(C)CCOC3=O)nc2Cl)ncc1C(F)(F)F. The first-order chi connectivity index (χ1) is 12.1. The Morgan fingerprint density at radius 3 is 2.73 bits per heavy atom. The molecule has 3 rings (SSSR count). The lowest BCUT2D eigenvalue weighted by Gasteiger charge is -2.19.